The molecule has 0 bridgehead atoms. The summed E-state index contributed by atoms with van der Waals surface area (Å²) in [5.41, 5.74) is 0.622. The lowest BCUT2D eigenvalue weighted by molar-refractivity contribution is 0.174. The third kappa shape index (κ3) is 1.92. The molecule has 1 aliphatic heterocycles. The van der Waals surface area contributed by atoms with Crippen molar-refractivity contribution in [3.8, 4) is 17.2 Å². The molecule has 0 aromatic heterocycles. The van der Waals surface area contributed by atoms with Crippen molar-refractivity contribution in [1.82, 2.24) is 5.32 Å². The summed E-state index contributed by atoms with van der Waals surface area (Å²) in [4.78, 5) is 0. The Hall–Kier alpha value is -1.46. The Morgan fingerprint density at radius 1 is 1.24 bits per heavy atom. The Morgan fingerprint density at radius 2 is 1.94 bits per heavy atom. The van der Waals surface area contributed by atoms with Gasteiger partial charge in [-0.2, -0.15) is 0 Å². The molecule has 1 heterocycles. The van der Waals surface area contributed by atoms with E-state index >= 15 is 0 Å². The smallest absolute Gasteiger partial charge is 0.231 e. The topological polar surface area (TPSA) is 71.0 Å². The number of fused-ring (bicyclic) bond motifs is 1. The van der Waals surface area contributed by atoms with Gasteiger partial charge in [-0.15, -0.1) is 0 Å². The van der Waals surface area contributed by atoms with E-state index in [2.05, 4.69) is 5.32 Å². The Labute approximate surface area is 99.0 Å². The minimum absolute atomic E-state index is 0.136. The Balaban J connectivity index is 1.74. The van der Waals surface area contributed by atoms with Crippen molar-refractivity contribution in [2.75, 3.05) is 13.4 Å². The summed E-state index contributed by atoms with van der Waals surface area (Å²) >= 11 is 0. The maximum atomic E-state index is 9.83. The van der Waals surface area contributed by atoms with Crippen LogP contribution in [0, 0.1) is 0 Å². The molecule has 3 rings (SSSR count). The number of aliphatic hydroxyl groups is 1. The second kappa shape index (κ2) is 3.78. The van der Waals surface area contributed by atoms with Gasteiger partial charge in [-0.3, -0.25) is 0 Å². The van der Waals surface area contributed by atoms with Gasteiger partial charge in [0.1, 0.15) is 5.75 Å². The first-order valence-corrected chi connectivity index (χ1v) is 5.70. The number of rotatable bonds is 4. The molecule has 1 aliphatic carbocycles. The van der Waals surface area contributed by atoms with E-state index in [1.54, 1.807) is 12.1 Å². The first-order chi connectivity index (χ1) is 8.22. The van der Waals surface area contributed by atoms with Gasteiger partial charge in [0.2, 0.25) is 6.79 Å². The molecule has 0 amide bonds. The third-order valence-electron chi connectivity index (χ3n) is 3.38. The lowest BCUT2D eigenvalue weighted by Crippen LogP contribution is -2.34. The molecular weight excluding hydrogens is 222 g/mol. The monoisotopic (exact) mass is 237 g/mol. The highest BCUT2D eigenvalue weighted by molar-refractivity contribution is 5.51. The standard InChI is InChI=1S/C12H15NO4/c14-6-12(1-2-12)13-5-8-3-10-11(4-9(8)15)17-7-16-10/h3-4,13-15H,1-2,5-7H2. The number of phenolic OH excluding ortho intramolecular Hbond substituents is 1. The summed E-state index contributed by atoms with van der Waals surface area (Å²) in [5.74, 6) is 1.43. The lowest BCUT2D eigenvalue weighted by Gasteiger charge is -2.15. The fraction of sp³-hybridized carbons (Fsp3) is 0.500. The lowest BCUT2D eigenvalue weighted by atomic mass is 10.1. The molecule has 1 saturated carbocycles. The quantitative estimate of drug-likeness (QED) is 0.720. The molecule has 1 fully saturated rings. The number of ether oxygens (including phenoxy) is 2. The molecule has 0 unspecified atom stereocenters. The van der Waals surface area contributed by atoms with Gasteiger partial charge < -0.3 is 25.0 Å². The number of phenols is 1. The van der Waals surface area contributed by atoms with Crippen LogP contribution in [0.3, 0.4) is 0 Å². The van der Waals surface area contributed by atoms with Crippen LogP contribution in [-0.2, 0) is 6.54 Å². The summed E-state index contributed by atoms with van der Waals surface area (Å²) < 4.78 is 10.4. The number of hydrogen-bond acceptors (Lipinski definition) is 5. The number of benzene rings is 1. The molecule has 2 aliphatic rings. The highest BCUT2D eigenvalue weighted by atomic mass is 16.7. The summed E-state index contributed by atoms with van der Waals surface area (Å²) in [7, 11) is 0. The molecule has 17 heavy (non-hydrogen) atoms. The molecular formula is C12H15NO4. The highest BCUT2D eigenvalue weighted by Gasteiger charge is 2.41. The summed E-state index contributed by atoms with van der Waals surface area (Å²) in [6.45, 7) is 0.855. The van der Waals surface area contributed by atoms with Crippen LogP contribution in [-0.4, -0.2) is 29.2 Å². The van der Waals surface area contributed by atoms with E-state index in [-0.39, 0.29) is 24.7 Å². The second-order valence-corrected chi connectivity index (χ2v) is 4.63. The maximum Gasteiger partial charge on any atom is 0.231 e. The zero-order valence-electron chi connectivity index (χ0n) is 9.40. The normalized spacial score (nSPS) is 19.4. The molecule has 92 valence electrons. The van der Waals surface area contributed by atoms with E-state index in [9.17, 15) is 10.2 Å². The molecule has 0 atom stereocenters. The number of aromatic hydroxyl groups is 1. The summed E-state index contributed by atoms with van der Waals surface area (Å²) in [5, 5.41) is 22.3. The fourth-order valence-electron chi connectivity index (χ4n) is 1.94. The van der Waals surface area contributed by atoms with E-state index < -0.39 is 0 Å². The van der Waals surface area contributed by atoms with Crippen LogP contribution >= 0.6 is 0 Å². The summed E-state index contributed by atoms with van der Waals surface area (Å²) in [6, 6.07) is 3.34. The van der Waals surface area contributed by atoms with Crippen LogP contribution in [0.25, 0.3) is 0 Å². The Kier molecular flexibility index (Phi) is 2.38. The van der Waals surface area contributed by atoms with Crippen LogP contribution < -0.4 is 14.8 Å². The predicted octanol–water partition coefficient (Wildman–Crippen LogP) is 0.735. The van der Waals surface area contributed by atoms with Crippen LogP contribution in [0.5, 0.6) is 17.2 Å². The van der Waals surface area contributed by atoms with Gasteiger partial charge >= 0.3 is 0 Å². The van der Waals surface area contributed by atoms with Crippen molar-refractivity contribution in [3.63, 3.8) is 0 Å². The van der Waals surface area contributed by atoms with E-state index in [0.717, 1.165) is 18.4 Å². The minimum Gasteiger partial charge on any atom is -0.507 e. The van der Waals surface area contributed by atoms with Gasteiger partial charge in [0.15, 0.2) is 11.5 Å². The average Bonchev–Trinajstić information content (AvgIpc) is 2.98. The van der Waals surface area contributed by atoms with Crippen LogP contribution in [0.1, 0.15) is 18.4 Å². The van der Waals surface area contributed by atoms with Gasteiger partial charge in [0.05, 0.1) is 6.61 Å². The van der Waals surface area contributed by atoms with Crippen molar-refractivity contribution in [2.24, 2.45) is 0 Å². The van der Waals surface area contributed by atoms with Crippen molar-refractivity contribution in [3.05, 3.63) is 17.7 Å². The SMILES string of the molecule is OCC1(NCc2cc3c(cc2O)OCO3)CC1. The minimum atomic E-state index is -0.136. The number of hydrogen-bond donors (Lipinski definition) is 3. The van der Waals surface area contributed by atoms with Gasteiger partial charge in [-0.25, -0.2) is 0 Å². The average molecular weight is 237 g/mol. The Morgan fingerprint density at radius 3 is 2.59 bits per heavy atom. The molecule has 3 N–H and O–H groups in total. The van der Waals surface area contributed by atoms with Gasteiger partial charge in [0.25, 0.3) is 0 Å². The van der Waals surface area contributed by atoms with Crippen molar-refractivity contribution >= 4 is 0 Å². The van der Waals surface area contributed by atoms with Crippen LogP contribution in [0.15, 0.2) is 12.1 Å². The van der Waals surface area contributed by atoms with Crippen molar-refractivity contribution in [2.45, 2.75) is 24.9 Å². The van der Waals surface area contributed by atoms with Gasteiger partial charge in [-0.05, 0) is 18.9 Å². The van der Waals surface area contributed by atoms with E-state index in [0.29, 0.717) is 18.0 Å². The molecule has 1 aromatic carbocycles. The highest BCUT2D eigenvalue weighted by Crippen LogP contribution is 2.39. The maximum absolute atomic E-state index is 9.83. The molecule has 1 aromatic rings. The van der Waals surface area contributed by atoms with Crippen molar-refractivity contribution in [1.29, 1.82) is 0 Å². The number of aliphatic hydroxyl groups excluding tert-OH is 1. The first-order valence-electron chi connectivity index (χ1n) is 5.70. The molecule has 0 saturated heterocycles. The van der Waals surface area contributed by atoms with E-state index in [4.69, 9.17) is 9.47 Å². The second-order valence-electron chi connectivity index (χ2n) is 4.63. The molecule has 5 nitrogen and oxygen atoms in total. The third-order valence-corrected chi connectivity index (χ3v) is 3.38. The van der Waals surface area contributed by atoms with Gasteiger partial charge in [-0.1, -0.05) is 0 Å². The largest absolute Gasteiger partial charge is 0.507 e. The van der Waals surface area contributed by atoms with E-state index in [1.165, 1.54) is 0 Å². The molecule has 0 radical (unpaired) electrons. The number of nitrogens with one attached hydrogen (secondary N) is 1. The van der Waals surface area contributed by atoms with Gasteiger partial charge in [0, 0.05) is 23.7 Å². The fourth-order valence-corrected chi connectivity index (χ4v) is 1.94. The predicted molar refractivity (Wildman–Crippen MR) is 60.1 cm³/mol. The molecule has 5 heteroatoms. The Bertz CT molecular complexity index is 442. The zero-order valence-corrected chi connectivity index (χ0v) is 9.40. The van der Waals surface area contributed by atoms with Crippen LogP contribution in [0.4, 0.5) is 0 Å². The van der Waals surface area contributed by atoms with Crippen molar-refractivity contribution < 1.29 is 19.7 Å². The van der Waals surface area contributed by atoms with E-state index in [1.807, 2.05) is 0 Å². The molecule has 0 spiro atoms. The summed E-state index contributed by atoms with van der Waals surface area (Å²) in [6.07, 6.45) is 1.96. The zero-order chi connectivity index (χ0) is 11.9. The van der Waals surface area contributed by atoms with Crippen LogP contribution in [0.2, 0.25) is 0 Å². The first kappa shape index (κ1) is 10.7.